The van der Waals surface area contributed by atoms with Crippen molar-refractivity contribution in [1.82, 2.24) is 0 Å². The van der Waals surface area contributed by atoms with E-state index in [0.717, 1.165) is 6.92 Å². The van der Waals surface area contributed by atoms with E-state index in [9.17, 15) is 13.9 Å². The van der Waals surface area contributed by atoms with E-state index in [1.807, 2.05) is 19.1 Å². The first-order valence-electron chi connectivity index (χ1n) is 6.08. The monoisotopic (exact) mass is 296 g/mol. The van der Waals surface area contributed by atoms with E-state index in [1.165, 1.54) is 0 Å². The Morgan fingerprint density at radius 1 is 1.47 bits per heavy atom. The van der Waals surface area contributed by atoms with Gasteiger partial charge in [0, 0.05) is 6.92 Å². The number of aliphatic hydroxyl groups excluding tert-OH is 1. The van der Waals surface area contributed by atoms with Crippen molar-refractivity contribution >= 4 is 11.6 Å². The van der Waals surface area contributed by atoms with Crippen molar-refractivity contribution in [2.75, 3.05) is 19.8 Å². The van der Waals surface area contributed by atoms with Gasteiger partial charge in [0.1, 0.15) is 25.1 Å². The summed E-state index contributed by atoms with van der Waals surface area (Å²) in [6, 6.07) is 0. The topological polar surface area (TPSA) is 38.7 Å². The summed E-state index contributed by atoms with van der Waals surface area (Å²) >= 11 is 6.12. The van der Waals surface area contributed by atoms with Crippen molar-refractivity contribution < 1.29 is 23.4 Å². The summed E-state index contributed by atoms with van der Waals surface area (Å²) in [6.07, 6.45) is 4.55. The summed E-state index contributed by atoms with van der Waals surface area (Å²) in [4.78, 5) is 0. The molecular weight excluding hydrogens is 278 g/mol. The Morgan fingerprint density at radius 2 is 2.16 bits per heavy atom. The summed E-state index contributed by atoms with van der Waals surface area (Å²) < 4.78 is 35.0. The van der Waals surface area contributed by atoms with Gasteiger partial charge in [-0.2, -0.15) is 0 Å². The molecule has 0 aromatic heterocycles. The Hall–Kier alpha value is -0.650. The highest BCUT2D eigenvalue weighted by Crippen LogP contribution is 2.25. The van der Waals surface area contributed by atoms with Crippen molar-refractivity contribution in [3.05, 3.63) is 24.0 Å². The smallest absolute Gasteiger partial charge is 0.268 e. The minimum atomic E-state index is -2.89. The standard InChI is InChI=1S/C13H19ClF2O3/c1-9-4-3-5-11(12(9)14)19-7-10(17)6-18-8-13(2,15)16/h3-5,9-10,12,17H,6-8H2,1-2H3. The normalized spacial score (nSPS) is 25.1. The van der Waals surface area contributed by atoms with Gasteiger partial charge in [-0.3, -0.25) is 0 Å². The number of aliphatic hydroxyl groups is 1. The summed E-state index contributed by atoms with van der Waals surface area (Å²) in [5.74, 6) is -2.18. The maximum absolute atomic E-state index is 12.5. The SMILES string of the molecule is CC1C=CC=C(OCC(O)COCC(C)(F)F)C1Cl. The lowest BCUT2D eigenvalue weighted by atomic mass is 10.0. The molecule has 19 heavy (non-hydrogen) atoms. The molecule has 1 aliphatic rings. The van der Waals surface area contributed by atoms with Gasteiger partial charge in [-0.05, 0) is 12.0 Å². The fourth-order valence-electron chi connectivity index (χ4n) is 1.52. The predicted molar refractivity (Wildman–Crippen MR) is 69.4 cm³/mol. The van der Waals surface area contributed by atoms with E-state index in [1.54, 1.807) is 6.08 Å². The van der Waals surface area contributed by atoms with Crippen LogP contribution in [0.25, 0.3) is 0 Å². The second kappa shape index (κ2) is 7.22. The zero-order valence-corrected chi connectivity index (χ0v) is 11.7. The van der Waals surface area contributed by atoms with Crippen molar-refractivity contribution in [3.8, 4) is 0 Å². The zero-order valence-electron chi connectivity index (χ0n) is 11.0. The van der Waals surface area contributed by atoms with Crippen LogP contribution in [0.2, 0.25) is 0 Å². The second-order valence-electron chi connectivity index (χ2n) is 4.76. The minimum absolute atomic E-state index is 0.0368. The van der Waals surface area contributed by atoms with E-state index < -0.39 is 18.6 Å². The first kappa shape index (κ1) is 16.4. The van der Waals surface area contributed by atoms with Gasteiger partial charge >= 0.3 is 0 Å². The van der Waals surface area contributed by atoms with Crippen LogP contribution in [0.15, 0.2) is 24.0 Å². The molecule has 1 rings (SSSR count). The first-order valence-corrected chi connectivity index (χ1v) is 6.52. The Bertz CT molecular complexity index is 339. The fourth-order valence-corrected chi connectivity index (χ4v) is 1.74. The number of alkyl halides is 3. The number of ether oxygens (including phenoxy) is 2. The lowest BCUT2D eigenvalue weighted by Gasteiger charge is -2.23. The maximum atomic E-state index is 12.5. The molecule has 0 amide bonds. The van der Waals surface area contributed by atoms with E-state index in [4.69, 9.17) is 21.1 Å². The molecule has 1 N–H and O–H groups in total. The summed E-state index contributed by atoms with van der Waals surface area (Å²) in [5.41, 5.74) is 0. The number of rotatable bonds is 7. The van der Waals surface area contributed by atoms with Crippen molar-refractivity contribution in [3.63, 3.8) is 0 Å². The Morgan fingerprint density at radius 3 is 2.79 bits per heavy atom. The summed E-state index contributed by atoms with van der Waals surface area (Å²) in [5, 5.41) is 9.27. The van der Waals surface area contributed by atoms with E-state index in [0.29, 0.717) is 5.76 Å². The van der Waals surface area contributed by atoms with Gasteiger partial charge in [0.25, 0.3) is 5.92 Å². The third-order valence-corrected chi connectivity index (χ3v) is 3.13. The number of hydrogen-bond donors (Lipinski definition) is 1. The molecule has 0 fully saturated rings. The van der Waals surface area contributed by atoms with E-state index in [-0.39, 0.29) is 24.5 Å². The van der Waals surface area contributed by atoms with Crippen LogP contribution in [0, 0.1) is 5.92 Å². The Kier molecular flexibility index (Phi) is 6.23. The van der Waals surface area contributed by atoms with Crippen LogP contribution in [-0.4, -0.2) is 42.3 Å². The zero-order chi connectivity index (χ0) is 14.5. The molecule has 0 spiro atoms. The van der Waals surface area contributed by atoms with Crippen LogP contribution in [0.1, 0.15) is 13.8 Å². The quantitative estimate of drug-likeness (QED) is 0.734. The number of allylic oxidation sites excluding steroid dienone is 4. The van der Waals surface area contributed by atoms with Crippen LogP contribution in [0.4, 0.5) is 8.78 Å². The minimum Gasteiger partial charge on any atom is -0.494 e. The molecule has 3 nitrogen and oxygen atoms in total. The highest BCUT2D eigenvalue weighted by Gasteiger charge is 2.23. The molecule has 0 saturated carbocycles. The van der Waals surface area contributed by atoms with Crippen molar-refractivity contribution in [2.45, 2.75) is 31.3 Å². The Balaban J connectivity index is 2.25. The van der Waals surface area contributed by atoms with Gasteiger partial charge in [0.05, 0.1) is 12.0 Å². The van der Waals surface area contributed by atoms with Crippen LogP contribution in [-0.2, 0) is 9.47 Å². The fraction of sp³-hybridized carbons (Fsp3) is 0.692. The van der Waals surface area contributed by atoms with E-state index in [2.05, 4.69) is 0 Å². The van der Waals surface area contributed by atoms with Gasteiger partial charge in [-0.1, -0.05) is 19.1 Å². The summed E-state index contributed by atoms with van der Waals surface area (Å²) in [7, 11) is 0. The van der Waals surface area contributed by atoms with Crippen LogP contribution in [0.5, 0.6) is 0 Å². The van der Waals surface area contributed by atoms with Crippen LogP contribution >= 0.6 is 11.6 Å². The highest BCUT2D eigenvalue weighted by atomic mass is 35.5. The average molecular weight is 297 g/mol. The maximum Gasteiger partial charge on any atom is 0.268 e. The lowest BCUT2D eigenvalue weighted by molar-refractivity contribution is -0.0860. The third kappa shape index (κ3) is 6.36. The van der Waals surface area contributed by atoms with Crippen LogP contribution in [0.3, 0.4) is 0 Å². The number of hydrogen-bond acceptors (Lipinski definition) is 3. The molecule has 110 valence electrons. The molecule has 0 aliphatic heterocycles. The largest absolute Gasteiger partial charge is 0.494 e. The van der Waals surface area contributed by atoms with Crippen molar-refractivity contribution in [1.29, 1.82) is 0 Å². The summed E-state index contributed by atoms with van der Waals surface area (Å²) in [6.45, 7) is 1.76. The van der Waals surface area contributed by atoms with Gasteiger partial charge in [-0.15, -0.1) is 11.6 Å². The molecule has 6 heteroatoms. The molecule has 0 radical (unpaired) electrons. The molecule has 3 atom stereocenters. The molecule has 0 bridgehead atoms. The van der Waals surface area contributed by atoms with Gasteiger partial charge in [-0.25, -0.2) is 8.78 Å². The molecule has 0 aromatic carbocycles. The molecule has 0 saturated heterocycles. The Labute approximate surface area is 116 Å². The first-order chi connectivity index (χ1) is 8.79. The molecule has 3 unspecified atom stereocenters. The van der Waals surface area contributed by atoms with E-state index >= 15 is 0 Å². The van der Waals surface area contributed by atoms with Crippen molar-refractivity contribution in [2.24, 2.45) is 5.92 Å². The van der Waals surface area contributed by atoms with Gasteiger partial charge < -0.3 is 14.6 Å². The highest BCUT2D eigenvalue weighted by molar-refractivity contribution is 6.22. The molecule has 0 heterocycles. The third-order valence-electron chi connectivity index (χ3n) is 2.52. The average Bonchev–Trinajstić information content (AvgIpc) is 2.29. The second-order valence-corrected chi connectivity index (χ2v) is 5.24. The molecule has 1 aliphatic carbocycles. The molecule has 0 aromatic rings. The van der Waals surface area contributed by atoms with Gasteiger partial charge in [0.2, 0.25) is 0 Å². The lowest BCUT2D eigenvalue weighted by Crippen LogP contribution is -2.28. The van der Waals surface area contributed by atoms with Crippen LogP contribution < -0.4 is 0 Å². The predicted octanol–water partition coefficient (Wildman–Crippen LogP) is 2.73. The number of halogens is 3. The van der Waals surface area contributed by atoms with Gasteiger partial charge in [0.15, 0.2) is 0 Å². The molecular formula is C13H19ClF2O3.